The maximum Gasteiger partial charge on any atom is 0.123 e. The van der Waals surface area contributed by atoms with Crippen LogP contribution in [0.5, 0.6) is 5.75 Å². The summed E-state index contributed by atoms with van der Waals surface area (Å²) in [4.78, 5) is 0. The van der Waals surface area contributed by atoms with Gasteiger partial charge in [-0.25, -0.2) is 4.39 Å². The molecule has 142 valence electrons. The average Bonchev–Trinajstić information content (AvgIpc) is 2.49. The second kappa shape index (κ2) is 7.93. The van der Waals surface area contributed by atoms with Crippen LogP contribution in [0.3, 0.4) is 0 Å². The Kier molecular flexibility index (Phi) is 6.50. The van der Waals surface area contributed by atoms with E-state index in [2.05, 4.69) is 56.7 Å². The molecule has 0 bridgehead atoms. The standard InChI is InChI=1S/C20H31FNOPSi2/c1-22-13-14-10-15(21)8-9-17(14)24-18-11-16(25(2,3)4)12-19(20(18)23)26(5,6)7/h8-12,22-24H,13H2,1-7H3. The van der Waals surface area contributed by atoms with E-state index in [1.165, 1.54) is 11.3 Å². The van der Waals surface area contributed by atoms with Crippen molar-refractivity contribution in [2.75, 3.05) is 7.05 Å². The summed E-state index contributed by atoms with van der Waals surface area (Å²) in [7, 11) is -0.995. The van der Waals surface area contributed by atoms with Gasteiger partial charge < -0.3 is 10.4 Å². The number of aromatic hydroxyl groups is 1. The van der Waals surface area contributed by atoms with Crippen molar-refractivity contribution >= 4 is 45.7 Å². The highest BCUT2D eigenvalue weighted by molar-refractivity contribution is 7.56. The summed E-state index contributed by atoms with van der Waals surface area (Å²) in [5, 5.41) is 18.7. The Balaban J connectivity index is 2.59. The summed E-state index contributed by atoms with van der Waals surface area (Å²) in [6, 6.07) is 9.41. The van der Waals surface area contributed by atoms with E-state index >= 15 is 0 Å². The molecule has 2 nitrogen and oxygen atoms in total. The molecule has 0 heterocycles. The number of phenols is 1. The third kappa shape index (κ3) is 5.04. The fourth-order valence-corrected chi connectivity index (χ4v) is 7.16. The highest BCUT2D eigenvalue weighted by atomic mass is 31.1. The molecule has 0 aliphatic rings. The van der Waals surface area contributed by atoms with Crippen LogP contribution in [0.1, 0.15) is 5.56 Å². The molecule has 2 aromatic rings. The zero-order valence-electron chi connectivity index (χ0n) is 16.9. The Morgan fingerprint density at radius 1 is 0.962 bits per heavy atom. The highest BCUT2D eigenvalue weighted by Gasteiger charge is 2.27. The van der Waals surface area contributed by atoms with Crippen LogP contribution in [0, 0.1) is 5.82 Å². The van der Waals surface area contributed by atoms with Crippen molar-refractivity contribution in [1.82, 2.24) is 5.32 Å². The molecule has 0 fully saturated rings. The number of benzene rings is 2. The van der Waals surface area contributed by atoms with Crippen molar-refractivity contribution in [3.05, 3.63) is 41.7 Å². The molecule has 2 rings (SSSR count). The number of hydrogen-bond acceptors (Lipinski definition) is 2. The van der Waals surface area contributed by atoms with E-state index < -0.39 is 16.1 Å². The maximum absolute atomic E-state index is 13.7. The zero-order valence-corrected chi connectivity index (χ0v) is 19.9. The van der Waals surface area contributed by atoms with Gasteiger partial charge in [-0.1, -0.05) is 71.2 Å². The lowest BCUT2D eigenvalue weighted by atomic mass is 10.2. The predicted octanol–water partition coefficient (Wildman–Crippen LogP) is 2.97. The molecule has 0 radical (unpaired) electrons. The Morgan fingerprint density at radius 2 is 1.62 bits per heavy atom. The van der Waals surface area contributed by atoms with Crippen LogP contribution in [-0.4, -0.2) is 28.3 Å². The van der Waals surface area contributed by atoms with Gasteiger partial charge >= 0.3 is 0 Å². The molecule has 6 heteroatoms. The van der Waals surface area contributed by atoms with Gasteiger partial charge in [0.2, 0.25) is 0 Å². The Labute approximate surface area is 161 Å². The van der Waals surface area contributed by atoms with Crippen molar-refractivity contribution in [2.24, 2.45) is 0 Å². The van der Waals surface area contributed by atoms with E-state index in [1.54, 1.807) is 6.07 Å². The number of halogens is 1. The first-order chi connectivity index (χ1) is 11.9. The smallest absolute Gasteiger partial charge is 0.123 e. The molecule has 0 amide bonds. The van der Waals surface area contributed by atoms with Crippen molar-refractivity contribution < 1.29 is 9.50 Å². The summed E-state index contributed by atoms with van der Waals surface area (Å²) in [6.07, 6.45) is 0. The minimum atomic E-state index is -1.67. The first kappa shape index (κ1) is 21.3. The fourth-order valence-electron chi connectivity index (χ4n) is 2.90. The molecular formula is C20H31FNOPSi2. The second-order valence-electron chi connectivity index (χ2n) is 8.88. The summed E-state index contributed by atoms with van der Waals surface area (Å²) in [5.74, 6) is 0.232. The van der Waals surface area contributed by atoms with Crippen molar-refractivity contribution in [3.63, 3.8) is 0 Å². The Morgan fingerprint density at radius 3 is 2.15 bits per heavy atom. The average molecular weight is 408 g/mol. The number of phenolic OH excluding ortho intramolecular Hbond substituents is 1. The van der Waals surface area contributed by atoms with E-state index in [1.807, 2.05) is 13.1 Å². The molecule has 2 aromatic carbocycles. The molecular weight excluding hydrogens is 376 g/mol. The molecule has 0 aliphatic carbocycles. The third-order valence-electron chi connectivity index (χ3n) is 4.49. The first-order valence-electron chi connectivity index (χ1n) is 9.01. The topological polar surface area (TPSA) is 32.3 Å². The monoisotopic (exact) mass is 407 g/mol. The van der Waals surface area contributed by atoms with Crippen molar-refractivity contribution in [2.45, 2.75) is 45.8 Å². The highest BCUT2D eigenvalue weighted by Crippen LogP contribution is 2.22. The molecule has 1 atom stereocenters. The Hall–Kier alpha value is -1.01. The van der Waals surface area contributed by atoms with Crippen LogP contribution in [0.15, 0.2) is 30.3 Å². The van der Waals surface area contributed by atoms with Crippen LogP contribution in [0.4, 0.5) is 4.39 Å². The lowest BCUT2D eigenvalue weighted by molar-refractivity contribution is 0.484. The van der Waals surface area contributed by atoms with E-state index in [4.69, 9.17) is 0 Å². The van der Waals surface area contributed by atoms with E-state index in [9.17, 15) is 9.50 Å². The molecule has 26 heavy (non-hydrogen) atoms. The minimum Gasteiger partial charge on any atom is -0.507 e. The quantitative estimate of drug-likeness (QED) is 0.570. The number of hydrogen-bond donors (Lipinski definition) is 2. The van der Waals surface area contributed by atoms with Crippen LogP contribution < -0.4 is 26.3 Å². The van der Waals surface area contributed by atoms with Gasteiger partial charge in [0.05, 0.1) is 16.1 Å². The summed E-state index contributed by atoms with van der Waals surface area (Å²) in [5.41, 5.74) is 0.957. The minimum absolute atomic E-state index is 0.216. The van der Waals surface area contributed by atoms with Crippen molar-refractivity contribution in [1.29, 1.82) is 0 Å². The third-order valence-corrected chi connectivity index (χ3v) is 9.91. The largest absolute Gasteiger partial charge is 0.507 e. The molecule has 2 N–H and O–H groups in total. The van der Waals surface area contributed by atoms with Crippen LogP contribution in [-0.2, 0) is 6.54 Å². The summed E-state index contributed by atoms with van der Waals surface area (Å²) < 4.78 is 13.7. The van der Waals surface area contributed by atoms with Gasteiger partial charge in [-0.2, -0.15) is 0 Å². The van der Waals surface area contributed by atoms with Crippen LogP contribution in [0.2, 0.25) is 39.3 Å². The molecule has 0 saturated heterocycles. The number of rotatable bonds is 6. The number of nitrogens with one attached hydrogen (secondary N) is 1. The lowest BCUT2D eigenvalue weighted by Gasteiger charge is -2.26. The van der Waals surface area contributed by atoms with Crippen LogP contribution in [0.25, 0.3) is 0 Å². The zero-order chi connectivity index (χ0) is 19.7. The molecule has 0 spiro atoms. The maximum atomic E-state index is 13.7. The first-order valence-corrected chi connectivity index (χ1v) is 17.0. The van der Waals surface area contributed by atoms with Gasteiger partial charge in [-0.3, -0.25) is 0 Å². The molecule has 1 unspecified atom stereocenters. The van der Waals surface area contributed by atoms with Gasteiger partial charge in [0, 0.05) is 11.8 Å². The van der Waals surface area contributed by atoms with Gasteiger partial charge in [-0.05, 0) is 35.2 Å². The fraction of sp³-hybridized carbons (Fsp3) is 0.400. The lowest BCUT2D eigenvalue weighted by Crippen LogP contribution is -2.47. The van der Waals surface area contributed by atoms with Gasteiger partial charge in [0.1, 0.15) is 11.6 Å². The molecule has 0 aliphatic heterocycles. The predicted molar refractivity (Wildman–Crippen MR) is 121 cm³/mol. The Bertz CT molecular complexity index is 798. The van der Waals surface area contributed by atoms with Gasteiger partial charge in [0.25, 0.3) is 0 Å². The summed E-state index contributed by atoms with van der Waals surface area (Å²) in [6.45, 7) is 14.4. The van der Waals surface area contributed by atoms with E-state index in [-0.39, 0.29) is 5.82 Å². The van der Waals surface area contributed by atoms with E-state index in [0.717, 1.165) is 21.4 Å². The normalized spacial score (nSPS) is 12.9. The van der Waals surface area contributed by atoms with Crippen LogP contribution >= 0.6 is 8.58 Å². The van der Waals surface area contributed by atoms with Gasteiger partial charge in [-0.15, -0.1) is 0 Å². The summed E-state index contributed by atoms with van der Waals surface area (Å²) >= 11 is 0. The molecule has 0 aromatic heterocycles. The molecule has 0 saturated carbocycles. The van der Waals surface area contributed by atoms with Gasteiger partial charge in [0.15, 0.2) is 0 Å². The van der Waals surface area contributed by atoms with E-state index in [0.29, 0.717) is 20.9 Å². The second-order valence-corrected chi connectivity index (χ2v) is 20.3. The van der Waals surface area contributed by atoms with Crippen molar-refractivity contribution in [3.8, 4) is 5.75 Å². The SMILES string of the molecule is CNCc1cc(F)ccc1Pc1cc([Si](C)(C)C)cc([Si](C)(C)C)c1O.